The number of fused-ring (bicyclic) bond motifs is 2. The zero-order valence-electron chi connectivity index (χ0n) is 16.6. The Morgan fingerprint density at radius 3 is 2.93 bits per heavy atom. The normalized spacial score (nSPS) is 13.0. The second-order valence-corrected chi connectivity index (χ2v) is 7.62. The number of nitrogens with zero attached hydrogens (tertiary/aromatic N) is 3. The Kier molecular flexibility index (Phi) is 4.13. The minimum absolute atomic E-state index is 0.0180. The van der Waals surface area contributed by atoms with Crippen molar-refractivity contribution in [2.75, 3.05) is 10.6 Å². The van der Waals surface area contributed by atoms with Crippen molar-refractivity contribution in [3.8, 4) is 11.1 Å². The van der Waals surface area contributed by atoms with Crippen LogP contribution in [0.15, 0.2) is 48.8 Å². The summed E-state index contributed by atoms with van der Waals surface area (Å²) in [5.41, 5.74) is 5.56. The van der Waals surface area contributed by atoms with E-state index < -0.39 is 0 Å². The highest BCUT2D eigenvalue weighted by molar-refractivity contribution is 6.09. The van der Waals surface area contributed by atoms with E-state index in [-0.39, 0.29) is 17.9 Å². The highest BCUT2D eigenvalue weighted by atomic mass is 16.2. The van der Waals surface area contributed by atoms with E-state index in [1.165, 1.54) is 0 Å². The van der Waals surface area contributed by atoms with Gasteiger partial charge in [0.25, 0.3) is 5.91 Å². The van der Waals surface area contributed by atoms with Gasteiger partial charge in [0.1, 0.15) is 5.69 Å². The predicted octanol–water partition coefficient (Wildman–Crippen LogP) is 3.75. The molecule has 8 nitrogen and oxygen atoms in total. The quantitative estimate of drug-likeness (QED) is 0.485. The van der Waals surface area contributed by atoms with Crippen molar-refractivity contribution >= 4 is 34.1 Å². The van der Waals surface area contributed by atoms with Gasteiger partial charge >= 0.3 is 0 Å². The second-order valence-electron chi connectivity index (χ2n) is 7.62. The van der Waals surface area contributed by atoms with Gasteiger partial charge in [0.15, 0.2) is 0 Å². The molecule has 0 bridgehead atoms. The van der Waals surface area contributed by atoms with Crippen molar-refractivity contribution in [1.82, 2.24) is 20.0 Å². The van der Waals surface area contributed by atoms with Crippen LogP contribution in [0.5, 0.6) is 0 Å². The number of aromatic nitrogens is 4. The van der Waals surface area contributed by atoms with Crippen LogP contribution in [0.4, 0.5) is 11.4 Å². The van der Waals surface area contributed by atoms with Crippen LogP contribution in [0.3, 0.4) is 0 Å². The summed E-state index contributed by atoms with van der Waals surface area (Å²) in [6.07, 6.45) is 3.65. The van der Waals surface area contributed by atoms with Crippen LogP contribution in [0.25, 0.3) is 22.0 Å². The molecule has 0 spiro atoms. The van der Waals surface area contributed by atoms with Crippen molar-refractivity contribution in [2.45, 2.75) is 26.3 Å². The third kappa shape index (κ3) is 2.93. The first-order valence-electron chi connectivity index (χ1n) is 9.75. The van der Waals surface area contributed by atoms with Crippen LogP contribution in [0.1, 0.15) is 35.9 Å². The molecule has 0 fully saturated rings. The molecule has 0 aliphatic carbocycles. The lowest BCUT2D eigenvalue weighted by Crippen LogP contribution is -2.19. The molecule has 0 saturated carbocycles. The summed E-state index contributed by atoms with van der Waals surface area (Å²) in [5, 5.41) is 18.1. The Hall–Kier alpha value is -3.94. The van der Waals surface area contributed by atoms with E-state index in [0.29, 0.717) is 17.8 Å². The zero-order chi connectivity index (χ0) is 20.8. The first-order valence-corrected chi connectivity index (χ1v) is 9.75. The number of H-pyrrole nitrogens is 1. The Morgan fingerprint density at radius 1 is 1.23 bits per heavy atom. The summed E-state index contributed by atoms with van der Waals surface area (Å²) < 4.78 is 1.69. The van der Waals surface area contributed by atoms with Crippen LogP contribution < -0.4 is 10.6 Å². The number of nitrogens with one attached hydrogen (secondary N) is 3. The molecule has 3 heterocycles. The van der Waals surface area contributed by atoms with Crippen LogP contribution in [0, 0.1) is 0 Å². The number of hydrogen-bond acceptors (Lipinski definition) is 4. The second kappa shape index (κ2) is 6.84. The highest BCUT2D eigenvalue weighted by Gasteiger charge is 2.22. The molecule has 0 saturated heterocycles. The van der Waals surface area contributed by atoms with Crippen molar-refractivity contribution in [3.05, 3.63) is 60.0 Å². The summed E-state index contributed by atoms with van der Waals surface area (Å²) in [6.45, 7) is 3.95. The number of amides is 2. The lowest BCUT2D eigenvalue weighted by Gasteiger charge is -2.13. The number of anilines is 2. The summed E-state index contributed by atoms with van der Waals surface area (Å²) in [6, 6.07) is 11.5. The molecule has 2 aromatic heterocycles. The minimum atomic E-state index is -0.240. The molecule has 0 radical (unpaired) electrons. The molecule has 2 aromatic carbocycles. The summed E-state index contributed by atoms with van der Waals surface area (Å²) >= 11 is 0. The smallest absolute Gasteiger partial charge is 0.273 e. The van der Waals surface area contributed by atoms with E-state index in [2.05, 4.69) is 25.9 Å². The number of rotatable bonds is 4. The van der Waals surface area contributed by atoms with Crippen molar-refractivity contribution < 1.29 is 9.59 Å². The Labute approximate surface area is 172 Å². The van der Waals surface area contributed by atoms with Crippen LogP contribution >= 0.6 is 0 Å². The van der Waals surface area contributed by atoms with E-state index in [9.17, 15) is 9.59 Å². The zero-order valence-corrected chi connectivity index (χ0v) is 16.6. The lowest BCUT2D eigenvalue weighted by molar-refractivity contribution is -0.115. The molecular weight excluding hydrogens is 380 g/mol. The fourth-order valence-corrected chi connectivity index (χ4v) is 3.92. The van der Waals surface area contributed by atoms with Gasteiger partial charge < -0.3 is 10.6 Å². The van der Waals surface area contributed by atoms with E-state index in [0.717, 1.165) is 33.3 Å². The standard InChI is InChI=1S/C22H20N6O2/c1-12(2)28-20(6-7-24-28)22(30)26-18-8-13(9-19-16(18)11-23-27-19)14-4-3-5-17-15(14)10-21(29)25-17/h3-9,11-12H,10H2,1-2H3,(H,23,27)(H,25,29)(H,26,30). The fourth-order valence-electron chi connectivity index (χ4n) is 3.92. The highest BCUT2D eigenvalue weighted by Crippen LogP contribution is 2.36. The molecule has 2 amide bonds. The van der Waals surface area contributed by atoms with Gasteiger partial charge in [-0.3, -0.25) is 19.4 Å². The van der Waals surface area contributed by atoms with Crippen LogP contribution in [-0.2, 0) is 11.2 Å². The lowest BCUT2D eigenvalue weighted by atomic mass is 9.96. The fraction of sp³-hybridized carbons (Fsp3) is 0.182. The summed E-state index contributed by atoms with van der Waals surface area (Å²) in [5.74, 6) is -0.258. The van der Waals surface area contributed by atoms with Gasteiger partial charge in [-0.1, -0.05) is 12.1 Å². The first kappa shape index (κ1) is 18.1. The number of benzene rings is 2. The van der Waals surface area contributed by atoms with Crippen LogP contribution in [0.2, 0.25) is 0 Å². The van der Waals surface area contributed by atoms with Gasteiger partial charge in [-0.15, -0.1) is 0 Å². The SMILES string of the molecule is CC(C)n1nccc1C(=O)Nc1cc(-c2cccc3c2CC(=O)N3)cc2[nH]ncc12. The first-order chi connectivity index (χ1) is 14.5. The number of carbonyl (C=O) groups is 2. The molecule has 150 valence electrons. The average molecular weight is 400 g/mol. The molecule has 0 unspecified atom stereocenters. The molecule has 3 N–H and O–H groups in total. The maximum absolute atomic E-state index is 13.0. The number of carbonyl (C=O) groups excluding carboxylic acids is 2. The van der Waals surface area contributed by atoms with Gasteiger partial charge in [-0.2, -0.15) is 10.2 Å². The van der Waals surface area contributed by atoms with Gasteiger partial charge in [-0.25, -0.2) is 0 Å². The van der Waals surface area contributed by atoms with Gasteiger partial charge in [-0.05, 0) is 54.8 Å². The van der Waals surface area contributed by atoms with E-state index >= 15 is 0 Å². The van der Waals surface area contributed by atoms with Crippen molar-refractivity contribution in [2.24, 2.45) is 0 Å². The van der Waals surface area contributed by atoms with E-state index in [1.54, 1.807) is 23.1 Å². The largest absolute Gasteiger partial charge is 0.326 e. The molecule has 30 heavy (non-hydrogen) atoms. The van der Waals surface area contributed by atoms with Gasteiger partial charge in [0, 0.05) is 23.3 Å². The number of aromatic amines is 1. The third-order valence-electron chi connectivity index (χ3n) is 5.30. The molecule has 5 rings (SSSR count). The number of hydrogen-bond donors (Lipinski definition) is 3. The molecule has 8 heteroatoms. The predicted molar refractivity (Wildman–Crippen MR) is 114 cm³/mol. The van der Waals surface area contributed by atoms with Crippen LogP contribution in [-0.4, -0.2) is 31.8 Å². The topological polar surface area (TPSA) is 105 Å². The van der Waals surface area contributed by atoms with Crippen molar-refractivity contribution in [3.63, 3.8) is 0 Å². The molecule has 0 atom stereocenters. The van der Waals surface area contributed by atoms with Crippen molar-refractivity contribution in [1.29, 1.82) is 0 Å². The average Bonchev–Trinajstić information content (AvgIpc) is 3.45. The molecule has 1 aliphatic rings. The summed E-state index contributed by atoms with van der Waals surface area (Å²) in [7, 11) is 0. The van der Waals surface area contributed by atoms with E-state index in [1.807, 2.05) is 44.2 Å². The third-order valence-corrected chi connectivity index (χ3v) is 5.30. The van der Waals surface area contributed by atoms with Gasteiger partial charge in [0.05, 0.1) is 23.8 Å². The molecule has 1 aliphatic heterocycles. The maximum Gasteiger partial charge on any atom is 0.273 e. The monoisotopic (exact) mass is 400 g/mol. The van der Waals surface area contributed by atoms with E-state index in [4.69, 9.17) is 0 Å². The summed E-state index contributed by atoms with van der Waals surface area (Å²) in [4.78, 5) is 24.9. The Morgan fingerprint density at radius 2 is 2.10 bits per heavy atom. The Bertz CT molecular complexity index is 1300. The molecular formula is C22H20N6O2. The molecule has 4 aromatic rings. The minimum Gasteiger partial charge on any atom is -0.326 e. The van der Waals surface area contributed by atoms with Gasteiger partial charge in [0.2, 0.25) is 5.91 Å². The Balaban J connectivity index is 1.58. The maximum atomic E-state index is 13.0.